The fraction of sp³-hybridized carbons (Fsp3) is 0.455. The van der Waals surface area contributed by atoms with Gasteiger partial charge in [-0.05, 0) is 54.1 Å². The van der Waals surface area contributed by atoms with Crippen molar-refractivity contribution in [3.63, 3.8) is 0 Å². The number of nitrogens with zero attached hydrogens (tertiary/aromatic N) is 1. The van der Waals surface area contributed by atoms with Crippen LogP contribution in [0.2, 0.25) is 0 Å². The molecule has 1 N–H and O–H groups in total. The van der Waals surface area contributed by atoms with Crippen molar-refractivity contribution in [2.45, 2.75) is 11.3 Å². The highest BCUT2D eigenvalue weighted by Gasteiger charge is 2.22. The summed E-state index contributed by atoms with van der Waals surface area (Å²) >= 11 is 6.59. The molecule has 0 amide bonds. The second kappa shape index (κ2) is 7.00. The third-order valence-corrected chi connectivity index (χ3v) is 5.81. The van der Waals surface area contributed by atoms with E-state index in [1.165, 1.54) is 4.31 Å². The molecular weight excluding hydrogens is 384 g/mol. The SMILES string of the molecule is CNCCCN(C)S(=O)(=O)c1ccc(Br)cc1Br. The molecule has 0 unspecified atom stereocenters. The van der Waals surface area contributed by atoms with Crippen LogP contribution in [-0.2, 0) is 10.0 Å². The predicted molar refractivity (Wildman–Crippen MR) is 80.2 cm³/mol. The summed E-state index contributed by atoms with van der Waals surface area (Å²) in [5.74, 6) is 0. The van der Waals surface area contributed by atoms with Crippen LogP contribution in [0.5, 0.6) is 0 Å². The molecule has 0 saturated heterocycles. The summed E-state index contributed by atoms with van der Waals surface area (Å²) in [5.41, 5.74) is 0. The summed E-state index contributed by atoms with van der Waals surface area (Å²) in [6, 6.07) is 5.05. The van der Waals surface area contributed by atoms with Gasteiger partial charge in [0, 0.05) is 22.5 Å². The van der Waals surface area contributed by atoms with Crippen LogP contribution in [0.1, 0.15) is 6.42 Å². The van der Waals surface area contributed by atoms with Crippen molar-refractivity contribution in [3.8, 4) is 0 Å². The van der Waals surface area contributed by atoms with Gasteiger partial charge in [0.25, 0.3) is 0 Å². The Morgan fingerprint density at radius 1 is 1.33 bits per heavy atom. The minimum Gasteiger partial charge on any atom is -0.320 e. The van der Waals surface area contributed by atoms with E-state index in [1.54, 1.807) is 25.2 Å². The van der Waals surface area contributed by atoms with Crippen molar-refractivity contribution in [1.29, 1.82) is 0 Å². The van der Waals surface area contributed by atoms with E-state index in [0.29, 0.717) is 11.0 Å². The van der Waals surface area contributed by atoms with E-state index in [2.05, 4.69) is 37.2 Å². The highest BCUT2D eigenvalue weighted by Crippen LogP contribution is 2.27. The lowest BCUT2D eigenvalue weighted by Gasteiger charge is -2.18. The maximum Gasteiger partial charge on any atom is 0.243 e. The summed E-state index contributed by atoms with van der Waals surface area (Å²) in [7, 11) is 0.0147. The van der Waals surface area contributed by atoms with E-state index < -0.39 is 10.0 Å². The molecule has 1 aromatic carbocycles. The first-order chi connectivity index (χ1) is 8.39. The second-order valence-corrected chi connectivity index (χ2v) is 7.64. The zero-order valence-corrected chi connectivity index (χ0v) is 14.3. The third kappa shape index (κ3) is 4.03. The normalized spacial score (nSPS) is 12.1. The van der Waals surface area contributed by atoms with Crippen LogP contribution in [0.3, 0.4) is 0 Å². The summed E-state index contributed by atoms with van der Waals surface area (Å²) in [6.07, 6.45) is 0.778. The zero-order chi connectivity index (χ0) is 13.8. The van der Waals surface area contributed by atoms with Crippen LogP contribution in [0, 0.1) is 0 Å². The highest BCUT2D eigenvalue weighted by molar-refractivity contribution is 9.11. The number of hydrogen-bond donors (Lipinski definition) is 1. The van der Waals surface area contributed by atoms with Crippen LogP contribution in [0.25, 0.3) is 0 Å². The van der Waals surface area contributed by atoms with E-state index in [0.717, 1.165) is 17.4 Å². The van der Waals surface area contributed by atoms with Gasteiger partial charge in [0.05, 0.1) is 4.90 Å². The Labute approximate surface area is 125 Å². The summed E-state index contributed by atoms with van der Waals surface area (Å²) in [6.45, 7) is 1.28. The first-order valence-corrected chi connectivity index (χ1v) is 8.48. The Morgan fingerprint density at radius 3 is 2.56 bits per heavy atom. The Kier molecular flexibility index (Phi) is 6.26. The lowest BCUT2D eigenvalue weighted by atomic mass is 10.4. The van der Waals surface area contributed by atoms with Crippen molar-refractivity contribution in [2.75, 3.05) is 27.2 Å². The first kappa shape index (κ1) is 16.1. The van der Waals surface area contributed by atoms with Crippen molar-refractivity contribution in [1.82, 2.24) is 9.62 Å². The standard InChI is InChI=1S/C11H16Br2N2O2S/c1-14-6-3-7-15(2)18(16,17)11-5-4-9(12)8-10(11)13/h4-5,8,14H,3,6-7H2,1-2H3. The fourth-order valence-electron chi connectivity index (χ4n) is 1.45. The van der Waals surface area contributed by atoms with Crippen LogP contribution in [0.15, 0.2) is 32.0 Å². The minimum atomic E-state index is -3.43. The van der Waals surface area contributed by atoms with Crippen molar-refractivity contribution >= 4 is 41.9 Å². The average Bonchev–Trinajstić information content (AvgIpc) is 2.28. The average molecular weight is 400 g/mol. The molecule has 102 valence electrons. The number of sulfonamides is 1. The minimum absolute atomic E-state index is 0.289. The smallest absolute Gasteiger partial charge is 0.243 e. The van der Waals surface area contributed by atoms with Gasteiger partial charge in [-0.3, -0.25) is 0 Å². The Morgan fingerprint density at radius 2 is 2.00 bits per heavy atom. The summed E-state index contributed by atoms with van der Waals surface area (Å²) in [5, 5.41) is 3.00. The fourth-order valence-corrected chi connectivity index (χ4v) is 4.36. The quantitative estimate of drug-likeness (QED) is 0.747. The molecule has 0 saturated carbocycles. The van der Waals surface area contributed by atoms with E-state index in [9.17, 15) is 8.42 Å². The van der Waals surface area contributed by atoms with Gasteiger partial charge in [0.15, 0.2) is 0 Å². The first-order valence-electron chi connectivity index (χ1n) is 5.45. The number of benzene rings is 1. The molecule has 0 fully saturated rings. The number of nitrogens with one attached hydrogen (secondary N) is 1. The van der Waals surface area contributed by atoms with Crippen molar-refractivity contribution < 1.29 is 8.42 Å². The van der Waals surface area contributed by atoms with Gasteiger partial charge in [0.2, 0.25) is 10.0 Å². The molecule has 0 spiro atoms. The third-order valence-electron chi connectivity index (χ3n) is 2.48. The van der Waals surface area contributed by atoms with Crippen LogP contribution in [-0.4, -0.2) is 39.9 Å². The van der Waals surface area contributed by atoms with Gasteiger partial charge in [-0.1, -0.05) is 15.9 Å². The number of hydrogen-bond acceptors (Lipinski definition) is 3. The molecule has 18 heavy (non-hydrogen) atoms. The van der Waals surface area contributed by atoms with E-state index in [1.807, 2.05) is 7.05 Å². The van der Waals surface area contributed by atoms with E-state index >= 15 is 0 Å². The molecule has 0 aliphatic heterocycles. The summed E-state index contributed by atoms with van der Waals surface area (Å²) in [4.78, 5) is 0.289. The Balaban J connectivity index is 2.91. The molecule has 0 aliphatic carbocycles. The summed E-state index contributed by atoms with van der Waals surface area (Å²) < 4.78 is 27.4. The van der Waals surface area contributed by atoms with Gasteiger partial charge < -0.3 is 5.32 Å². The Bertz CT molecular complexity index is 506. The highest BCUT2D eigenvalue weighted by atomic mass is 79.9. The predicted octanol–water partition coefficient (Wildman–Crippen LogP) is 2.44. The topological polar surface area (TPSA) is 49.4 Å². The van der Waals surface area contributed by atoms with Crippen LogP contribution >= 0.6 is 31.9 Å². The maximum absolute atomic E-state index is 12.3. The molecule has 0 aliphatic rings. The molecule has 1 rings (SSSR count). The molecule has 0 bridgehead atoms. The van der Waals surface area contributed by atoms with Gasteiger partial charge >= 0.3 is 0 Å². The second-order valence-electron chi connectivity index (χ2n) is 3.86. The lowest BCUT2D eigenvalue weighted by Crippen LogP contribution is -2.29. The monoisotopic (exact) mass is 398 g/mol. The maximum atomic E-state index is 12.3. The van der Waals surface area contributed by atoms with Crippen LogP contribution < -0.4 is 5.32 Å². The molecule has 0 aromatic heterocycles. The van der Waals surface area contributed by atoms with Gasteiger partial charge in [-0.25, -0.2) is 12.7 Å². The zero-order valence-electron chi connectivity index (χ0n) is 10.3. The van der Waals surface area contributed by atoms with Gasteiger partial charge in [-0.2, -0.15) is 0 Å². The van der Waals surface area contributed by atoms with Crippen molar-refractivity contribution in [3.05, 3.63) is 27.1 Å². The molecule has 7 heteroatoms. The molecule has 0 radical (unpaired) electrons. The Hall–Kier alpha value is 0.0500. The van der Waals surface area contributed by atoms with Gasteiger partial charge in [0.1, 0.15) is 0 Å². The molecule has 1 aromatic rings. The molecule has 4 nitrogen and oxygen atoms in total. The number of halogens is 2. The van der Waals surface area contributed by atoms with E-state index in [4.69, 9.17) is 0 Å². The number of rotatable bonds is 6. The van der Waals surface area contributed by atoms with E-state index in [-0.39, 0.29) is 4.90 Å². The molecule has 0 atom stereocenters. The van der Waals surface area contributed by atoms with Gasteiger partial charge in [-0.15, -0.1) is 0 Å². The van der Waals surface area contributed by atoms with Crippen molar-refractivity contribution in [2.24, 2.45) is 0 Å². The largest absolute Gasteiger partial charge is 0.320 e. The van der Waals surface area contributed by atoms with Crippen LogP contribution in [0.4, 0.5) is 0 Å². The lowest BCUT2D eigenvalue weighted by molar-refractivity contribution is 0.457. The molecule has 0 heterocycles. The molecular formula is C11H16Br2N2O2S.